The molecule has 0 spiro atoms. The fourth-order valence-corrected chi connectivity index (χ4v) is 43.6. The van der Waals surface area contributed by atoms with Gasteiger partial charge in [0, 0.05) is 13.2 Å². The monoisotopic (exact) mass is 740 g/mol. The summed E-state index contributed by atoms with van der Waals surface area (Å²) in [5.74, 6) is 0. The van der Waals surface area contributed by atoms with Crippen molar-refractivity contribution in [2.45, 2.75) is 38.7 Å². The van der Waals surface area contributed by atoms with Gasteiger partial charge in [-0.1, -0.05) is 174 Å². The molecule has 1 saturated heterocycles. The summed E-state index contributed by atoms with van der Waals surface area (Å²) in [4.78, 5) is 19.0. The van der Waals surface area contributed by atoms with Gasteiger partial charge in [0.25, 0.3) is 0 Å². The summed E-state index contributed by atoms with van der Waals surface area (Å²) in [5, 5.41) is 6.19. The molecule has 5 aromatic carbocycles. The highest BCUT2D eigenvalue weighted by Gasteiger charge is 2.62. The summed E-state index contributed by atoms with van der Waals surface area (Å²) < 4.78 is 21.4. The zero-order valence-corrected chi connectivity index (χ0v) is 34.0. The minimum absolute atomic E-state index is 0.179. The van der Waals surface area contributed by atoms with Gasteiger partial charge in [-0.3, -0.25) is 4.58 Å². The topological polar surface area (TPSA) is 77.4 Å². The first-order valence-electron chi connectivity index (χ1n) is 16.9. The van der Waals surface area contributed by atoms with E-state index in [0.29, 0.717) is 6.42 Å². The van der Waals surface area contributed by atoms with E-state index in [1.165, 1.54) is 5.19 Å². The molecule has 0 aromatic heterocycles. The molecule has 256 valence electrons. The quantitative estimate of drug-likeness (QED) is 0.118. The highest BCUT2D eigenvalue weighted by molar-refractivity contribution is 7.75. The molecule has 1 aliphatic rings. The second-order valence-corrected chi connectivity index (χ2v) is 40.1. The lowest BCUT2D eigenvalue weighted by Crippen LogP contribution is -2.89. The third-order valence-electron chi connectivity index (χ3n) is 9.11. The third-order valence-corrected chi connectivity index (χ3v) is 41.4. The largest absolute Gasteiger partial charge is 0.701 e. The van der Waals surface area contributed by atoms with Crippen LogP contribution in [0.5, 0.6) is 0 Å². The lowest BCUT2D eigenvalue weighted by atomic mass is 10.2. The minimum Gasteiger partial charge on any atom is -0.418 e. The first-order valence-corrected chi connectivity index (χ1v) is 30.6. The highest BCUT2D eigenvalue weighted by atomic mass is 29.6. The zero-order valence-electron chi connectivity index (χ0n) is 28.9. The summed E-state index contributed by atoms with van der Waals surface area (Å²) in [5.41, 5.74) is 1.06. The normalized spacial score (nSPS) is 19.0. The van der Waals surface area contributed by atoms with Crippen LogP contribution < -0.4 is 20.7 Å². The van der Waals surface area contributed by atoms with E-state index in [0.717, 1.165) is 18.2 Å². The van der Waals surface area contributed by atoms with Crippen LogP contribution in [0, 0.1) is 0 Å². The van der Waals surface area contributed by atoms with Gasteiger partial charge in [-0.2, -0.15) is 0 Å². The smallest absolute Gasteiger partial charge is 0.418 e. The molecule has 1 heterocycles. The Morgan fingerprint density at radius 1 is 0.633 bits per heavy atom. The van der Waals surface area contributed by atoms with Gasteiger partial charge in [0.05, 0.1) is 0 Å². The Morgan fingerprint density at radius 2 is 1.08 bits per heavy atom. The molecule has 0 radical (unpaired) electrons. The van der Waals surface area contributed by atoms with Crippen LogP contribution in [0.4, 0.5) is 0 Å². The van der Waals surface area contributed by atoms with Gasteiger partial charge in [0.2, 0.25) is 8.32 Å². The molecule has 1 aliphatic heterocycles. The lowest BCUT2D eigenvalue weighted by Gasteiger charge is -2.53. The maximum Gasteiger partial charge on any atom is 0.701 e. The fourth-order valence-electron chi connectivity index (χ4n) is 6.87. The Balaban J connectivity index is 0.000000223. The van der Waals surface area contributed by atoms with Gasteiger partial charge in [0.15, 0.2) is 8.56 Å². The predicted molar refractivity (Wildman–Crippen MR) is 211 cm³/mol. The second-order valence-electron chi connectivity index (χ2n) is 13.5. The Labute approximate surface area is 296 Å². The first kappa shape index (κ1) is 37.2. The Bertz CT molecular complexity index is 1660. The van der Waals surface area contributed by atoms with E-state index in [9.17, 15) is 9.59 Å². The third kappa shape index (κ3) is 9.19. The second kappa shape index (κ2) is 16.8. The highest BCUT2D eigenvalue weighted by Crippen LogP contribution is 2.31. The molecule has 0 amide bonds. The van der Waals surface area contributed by atoms with Crippen molar-refractivity contribution in [2.24, 2.45) is 0 Å². The predicted octanol–water partition coefficient (Wildman–Crippen LogP) is 4.50. The molecule has 0 bridgehead atoms. The number of rotatable bonds is 11. The molecule has 6 rings (SSSR count). The van der Waals surface area contributed by atoms with Crippen molar-refractivity contribution in [3.8, 4) is 0 Å². The molecule has 49 heavy (non-hydrogen) atoms. The lowest BCUT2D eigenvalue weighted by molar-refractivity contribution is -0.194. The van der Waals surface area contributed by atoms with E-state index in [1.807, 2.05) is 50.0 Å². The summed E-state index contributed by atoms with van der Waals surface area (Å²) in [7, 11) is -12.0. The van der Waals surface area contributed by atoms with E-state index in [1.54, 1.807) is 15.6 Å². The van der Waals surface area contributed by atoms with E-state index in [2.05, 4.69) is 132 Å². The molecule has 6 nitrogen and oxygen atoms in total. The molecule has 5 aromatic rings. The van der Waals surface area contributed by atoms with E-state index in [4.69, 9.17) is 13.4 Å². The van der Waals surface area contributed by atoms with Gasteiger partial charge in [-0.25, -0.2) is 4.58 Å². The SMILES string of the molecule is C[Si](C)(C)OO[Si](O)(O)OCCc1ccccc1.C[Si]1(c2ccccc2)[SiH](c2ccccc2)OCC[Si]1(c1ccccc1)c1ccccc1. The van der Waals surface area contributed by atoms with Crippen LogP contribution in [0.1, 0.15) is 5.56 Å². The molecular weight excluding hydrogens is 693 g/mol. The number of hydrogen-bond acceptors (Lipinski definition) is 6. The van der Waals surface area contributed by atoms with E-state index >= 15 is 0 Å². The fraction of sp³-hybridized carbons (Fsp3) is 0.211. The number of hydrogen-bond donors (Lipinski definition) is 2. The van der Waals surface area contributed by atoms with Gasteiger partial charge >= 0.3 is 9.05 Å². The Morgan fingerprint density at radius 3 is 1.57 bits per heavy atom. The van der Waals surface area contributed by atoms with Gasteiger partial charge in [0.1, 0.15) is 14.7 Å². The van der Waals surface area contributed by atoms with Crippen molar-refractivity contribution >= 4 is 61.4 Å². The minimum atomic E-state index is -4.15. The molecule has 0 aliphatic carbocycles. The van der Waals surface area contributed by atoms with Crippen LogP contribution >= 0.6 is 0 Å². The van der Waals surface area contributed by atoms with Crippen LogP contribution in [-0.4, -0.2) is 63.4 Å². The standard InChI is InChI=1S/C27H28OSi3.C11H20O5Si2/c1-30(25-16-8-3-9-17-25)29(24-14-6-2-7-15-24)28-22-23-31(30,26-18-10-4-11-19-26)27-20-12-5-13-21-27;1-17(2,3)15-16-18(12,13)14-10-9-11-7-5-4-6-8-11/h2-21,29H,22-23H2,1H3;4-8,12-13H,9-10H2,1-3H3. The molecule has 1 fully saturated rings. The molecule has 2 atom stereocenters. The van der Waals surface area contributed by atoms with E-state index in [-0.39, 0.29) is 6.61 Å². The zero-order chi connectivity index (χ0) is 34.8. The van der Waals surface area contributed by atoms with Crippen molar-refractivity contribution < 1.29 is 27.6 Å². The van der Waals surface area contributed by atoms with Gasteiger partial charge in [-0.05, 0) is 42.9 Å². The molecular formula is C38H48O6Si5. The van der Waals surface area contributed by atoms with Crippen LogP contribution in [0.15, 0.2) is 152 Å². The molecule has 2 N–H and O–H groups in total. The van der Waals surface area contributed by atoms with Gasteiger partial charge < -0.3 is 18.4 Å². The maximum absolute atomic E-state index is 9.50. The van der Waals surface area contributed by atoms with E-state index < -0.39 is 40.6 Å². The Hall–Kier alpha value is -3.06. The van der Waals surface area contributed by atoms with Crippen molar-refractivity contribution in [3.63, 3.8) is 0 Å². The summed E-state index contributed by atoms with van der Waals surface area (Å²) >= 11 is 0. The average molecular weight is 741 g/mol. The molecule has 11 heteroatoms. The van der Waals surface area contributed by atoms with Gasteiger partial charge in [-0.15, -0.1) is 0 Å². The van der Waals surface area contributed by atoms with Crippen molar-refractivity contribution in [1.29, 1.82) is 0 Å². The average Bonchev–Trinajstić information content (AvgIpc) is 3.13. The van der Waals surface area contributed by atoms with Crippen LogP contribution in [0.2, 0.25) is 32.2 Å². The van der Waals surface area contributed by atoms with Crippen LogP contribution in [0.3, 0.4) is 0 Å². The van der Waals surface area contributed by atoms with Crippen LogP contribution in [0.25, 0.3) is 0 Å². The Kier molecular flexibility index (Phi) is 12.7. The summed E-state index contributed by atoms with van der Waals surface area (Å²) in [6, 6.07) is 56.3. The molecule has 0 saturated carbocycles. The van der Waals surface area contributed by atoms with Crippen molar-refractivity contribution in [2.75, 3.05) is 13.2 Å². The summed E-state index contributed by atoms with van der Waals surface area (Å²) in [6.07, 6.45) is 0.590. The van der Waals surface area contributed by atoms with Crippen molar-refractivity contribution in [1.82, 2.24) is 0 Å². The summed E-state index contributed by atoms with van der Waals surface area (Å²) in [6.45, 7) is 9.34. The van der Waals surface area contributed by atoms with Crippen molar-refractivity contribution in [3.05, 3.63) is 157 Å². The molecule has 2 unspecified atom stereocenters. The van der Waals surface area contributed by atoms with Crippen LogP contribution in [-0.2, 0) is 24.4 Å². The maximum atomic E-state index is 9.50. The number of benzene rings is 5. The first-order chi connectivity index (χ1) is 23.6.